The zero-order valence-electron chi connectivity index (χ0n) is 14.3. The van der Waals surface area contributed by atoms with Crippen LogP contribution in [0.4, 0.5) is 17.2 Å². The molecule has 0 spiro atoms. The third kappa shape index (κ3) is 2.96. The number of nitrogen functional groups attached to an aromatic ring is 1. The second kappa shape index (κ2) is 6.28. The average Bonchev–Trinajstić information content (AvgIpc) is 3.44. The molecule has 0 unspecified atom stereocenters. The number of benzene rings is 1. The van der Waals surface area contributed by atoms with Crippen LogP contribution in [-0.2, 0) is 5.41 Å². The van der Waals surface area contributed by atoms with Gasteiger partial charge in [-0.1, -0.05) is 12.1 Å². The van der Waals surface area contributed by atoms with E-state index < -0.39 is 0 Å². The molecule has 2 aliphatic rings. The maximum absolute atomic E-state index is 9.79. The van der Waals surface area contributed by atoms with Crippen LogP contribution in [0.5, 0.6) is 0 Å². The van der Waals surface area contributed by atoms with Crippen molar-refractivity contribution in [2.75, 3.05) is 10.7 Å². The van der Waals surface area contributed by atoms with E-state index in [2.05, 4.69) is 4.98 Å². The quantitative estimate of drug-likeness (QED) is 0.450. The fourth-order valence-corrected chi connectivity index (χ4v) is 4.13. The van der Waals surface area contributed by atoms with Gasteiger partial charge < -0.3 is 10.8 Å². The molecule has 1 aromatic heterocycles. The molecule has 6 nitrogen and oxygen atoms in total. The molecule has 5 N–H and O–H groups in total. The molecular weight excluding hydrogens is 314 g/mol. The van der Waals surface area contributed by atoms with Crippen LogP contribution in [0.15, 0.2) is 36.5 Å². The van der Waals surface area contributed by atoms with E-state index in [-0.39, 0.29) is 11.5 Å². The van der Waals surface area contributed by atoms with Gasteiger partial charge in [-0.3, -0.25) is 5.01 Å². The normalized spacial score (nSPS) is 24.7. The van der Waals surface area contributed by atoms with Crippen molar-refractivity contribution in [3.8, 4) is 0 Å². The Bertz CT molecular complexity index is 753. The fraction of sp³-hybridized carbons (Fsp3) is 0.474. The maximum Gasteiger partial charge on any atom is 0.151 e. The van der Waals surface area contributed by atoms with Gasteiger partial charge in [0.15, 0.2) is 5.82 Å². The van der Waals surface area contributed by atoms with Gasteiger partial charge in [-0.25, -0.2) is 15.8 Å². The van der Waals surface area contributed by atoms with Gasteiger partial charge in [-0.05, 0) is 56.6 Å². The van der Waals surface area contributed by atoms with Crippen LogP contribution in [-0.4, -0.2) is 21.2 Å². The number of para-hydroxylation sites is 2. The van der Waals surface area contributed by atoms with Crippen molar-refractivity contribution < 1.29 is 5.11 Å². The molecule has 1 aromatic carbocycles. The number of rotatable bonds is 4. The number of aliphatic hydroxyl groups is 1. The highest BCUT2D eigenvalue weighted by Gasteiger charge is 2.53. The molecule has 4 rings (SSSR count). The maximum atomic E-state index is 9.79. The molecule has 6 heteroatoms. The number of aliphatic hydroxyl groups excluding tert-OH is 1. The Morgan fingerprint density at radius 3 is 2.48 bits per heavy atom. The van der Waals surface area contributed by atoms with E-state index in [9.17, 15) is 5.11 Å². The zero-order chi connectivity index (χ0) is 17.4. The molecule has 0 aliphatic heterocycles. The van der Waals surface area contributed by atoms with Crippen LogP contribution in [0.1, 0.15) is 44.3 Å². The van der Waals surface area contributed by atoms with Gasteiger partial charge in [0, 0.05) is 17.7 Å². The summed E-state index contributed by atoms with van der Waals surface area (Å²) in [5.41, 5.74) is 7.46. The predicted molar refractivity (Wildman–Crippen MR) is 98.1 cm³/mol. The predicted octanol–water partition coefficient (Wildman–Crippen LogP) is 2.65. The van der Waals surface area contributed by atoms with Crippen molar-refractivity contribution in [2.45, 2.75) is 50.0 Å². The summed E-state index contributed by atoms with van der Waals surface area (Å²) < 4.78 is 0. The van der Waals surface area contributed by atoms with Gasteiger partial charge in [0.2, 0.25) is 0 Å². The number of aromatic nitrogens is 2. The molecule has 0 atom stereocenters. The largest absolute Gasteiger partial charge is 0.397 e. The van der Waals surface area contributed by atoms with Crippen LogP contribution in [0.25, 0.3) is 0 Å². The number of nitrogens with two attached hydrogens (primary N) is 2. The molecule has 132 valence electrons. The highest BCUT2D eigenvalue weighted by Crippen LogP contribution is 2.56. The molecule has 2 fully saturated rings. The summed E-state index contributed by atoms with van der Waals surface area (Å²) >= 11 is 0. The molecule has 2 aliphatic carbocycles. The van der Waals surface area contributed by atoms with Crippen LogP contribution >= 0.6 is 0 Å². The molecular formula is C19H25N5O. The summed E-state index contributed by atoms with van der Waals surface area (Å²) in [6.45, 7) is 0. The lowest BCUT2D eigenvalue weighted by Crippen LogP contribution is -2.31. The third-order valence-electron chi connectivity index (χ3n) is 5.80. The van der Waals surface area contributed by atoms with Gasteiger partial charge >= 0.3 is 0 Å². The second-order valence-electron chi connectivity index (χ2n) is 7.33. The SMILES string of the molecule is Nc1ccccc1N(N)c1ccnc(C2(C3CCC(O)CC3)CC2)n1. The number of hydrogen-bond acceptors (Lipinski definition) is 6. The van der Waals surface area contributed by atoms with Crippen LogP contribution in [0.3, 0.4) is 0 Å². The first kappa shape index (κ1) is 16.3. The van der Waals surface area contributed by atoms with Gasteiger partial charge in [0.25, 0.3) is 0 Å². The summed E-state index contributed by atoms with van der Waals surface area (Å²) in [7, 11) is 0. The zero-order valence-corrected chi connectivity index (χ0v) is 14.3. The molecule has 0 saturated heterocycles. The summed E-state index contributed by atoms with van der Waals surface area (Å²) in [5.74, 6) is 8.37. The van der Waals surface area contributed by atoms with E-state index in [1.54, 1.807) is 6.20 Å². The Labute approximate surface area is 147 Å². The monoisotopic (exact) mass is 339 g/mol. The smallest absolute Gasteiger partial charge is 0.151 e. The molecule has 2 saturated carbocycles. The van der Waals surface area contributed by atoms with Crippen molar-refractivity contribution in [2.24, 2.45) is 11.8 Å². The fourth-order valence-electron chi connectivity index (χ4n) is 4.13. The highest BCUT2D eigenvalue weighted by atomic mass is 16.3. The Morgan fingerprint density at radius 2 is 1.80 bits per heavy atom. The first-order chi connectivity index (χ1) is 12.1. The molecule has 1 heterocycles. The topological polar surface area (TPSA) is 101 Å². The first-order valence-electron chi connectivity index (χ1n) is 9.01. The van der Waals surface area contributed by atoms with E-state index in [0.717, 1.165) is 50.0 Å². The lowest BCUT2D eigenvalue weighted by atomic mass is 9.76. The van der Waals surface area contributed by atoms with Crippen LogP contribution < -0.4 is 16.6 Å². The molecule has 0 bridgehead atoms. The van der Waals surface area contributed by atoms with Crippen molar-refractivity contribution in [3.05, 3.63) is 42.4 Å². The lowest BCUT2D eigenvalue weighted by Gasteiger charge is -2.32. The van der Waals surface area contributed by atoms with Gasteiger partial charge in [0.05, 0.1) is 17.5 Å². The van der Waals surface area contributed by atoms with Gasteiger partial charge in [0.1, 0.15) is 5.82 Å². The summed E-state index contributed by atoms with van der Waals surface area (Å²) in [4.78, 5) is 9.37. The Balaban J connectivity index is 1.61. The Hall–Kier alpha value is -2.18. The minimum Gasteiger partial charge on any atom is -0.397 e. The lowest BCUT2D eigenvalue weighted by molar-refractivity contribution is 0.0969. The van der Waals surface area contributed by atoms with Crippen LogP contribution in [0, 0.1) is 5.92 Å². The summed E-state index contributed by atoms with van der Waals surface area (Å²) in [6, 6.07) is 9.31. The molecule has 2 aromatic rings. The van der Waals surface area contributed by atoms with E-state index in [1.165, 1.54) is 5.01 Å². The number of anilines is 3. The highest BCUT2D eigenvalue weighted by molar-refractivity contribution is 5.72. The number of nitrogens with zero attached hydrogens (tertiary/aromatic N) is 3. The Kier molecular flexibility index (Phi) is 4.09. The van der Waals surface area contributed by atoms with E-state index >= 15 is 0 Å². The van der Waals surface area contributed by atoms with E-state index in [4.69, 9.17) is 16.6 Å². The van der Waals surface area contributed by atoms with Crippen molar-refractivity contribution >= 4 is 17.2 Å². The van der Waals surface area contributed by atoms with Crippen LogP contribution in [0.2, 0.25) is 0 Å². The summed E-state index contributed by atoms with van der Waals surface area (Å²) in [6.07, 6.45) is 7.75. The minimum atomic E-state index is -0.139. The standard InChI is InChI=1S/C19H25N5O/c20-15-3-1-2-4-16(15)24(21)17-9-12-22-18(23-17)19(10-11-19)13-5-7-14(25)8-6-13/h1-4,9,12-14,25H,5-8,10-11,20-21H2. The second-order valence-corrected chi connectivity index (χ2v) is 7.33. The van der Waals surface area contributed by atoms with Gasteiger partial charge in [-0.15, -0.1) is 0 Å². The first-order valence-corrected chi connectivity index (χ1v) is 9.01. The molecule has 0 amide bonds. The Morgan fingerprint density at radius 1 is 1.08 bits per heavy atom. The van der Waals surface area contributed by atoms with Crippen molar-refractivity contribution in [1.29, 1.82) is 0 Å². The summed E-state index contributed by atoms with van der Waals surface area (Å²) in [5, 5.41) is 11.3. The molecule has 25 heavy (non-hydrogen) atoms. The van der Waals surface area contributed by atoms with Gasteiger partial charge in [-0.2, -0.15) is 0 Å². The third-order valence-corrected chi connectivity index (χ3v) is 5.80. The molecule has 0 radical (unpaired) electrons. The average molecular weight is 339 g/mol. The van der Waals surface area contributed by atoms with E-state index in [0.29, 0.717) is 17.4 Å². The number of hydrazine groups is 1. The van der Waals surface area contributed by atoms with Crippen molar-refractivity contribution in [3.63, 3.8) is 0 Å². The minimum absolute atomic E-state index is 0.0687. The van der Waals surface area contributed by atoms with Crippen molar-refractivity contribution in [1.82, 2.24) is 9.97 Å². The number of hydrogen-bond donors (Lipinski definition) is 3. The van der Waals surface area contributed by atoms with E-state index in [1.807, 2.05) is 30.3 Å².